The Hall–Kier alpha value is -2.41. The molecule has 1 fully saturated rings. The average molecular weight is 455 g/mol. The molecule has 2 N–H and O–H groups in total. The first-order valence-electron chi connectivity index (χ1n) is 11.3. The molecule has 2 aliphatic rings. The lowest BCUT2D eigenvalue weighted by molar-refractivity contribution is 0.0980. The van der Waals surface area contributed by atoms with Crippen molar-refractivity contribution in [3.8, 4) is 0 Å². The van der Waals surface area contributed by atoms with Crippen LogP contribution in [0.1, 0.15) is 51.6 Å². The number of carbonyl (C=O) groups excluding carboxylic acids is 2. The van der Waals surface area contributed by atoms with Gasteiger partial charge in [-0.25, -0.2) is 0 Å². The molecule has 2 aromatic rings. The molecule has 1 aliphatic carbocycles. The average Bonchev–Trinajstić information content (AvgIpc) is 2.78. The molecule has 0 saturated carbocycles. The van der Waals surface area contributed by atoms with E-state index >= 15 is 0 Å². The van der Waals surface area contributed by atoms with E-state index in [4.69, 9.17) is 11.6 Å². The van der Waals surface area contributed by atoms with E-state index < -0.39 is 0 Å². The molecule has 2 aromatic carbocycles. The molecule has 0 radical (unpaired) electrons. The van der Waals surface area contributed by atoms with Gasteiger partial charge in [-0.05, 0) is 52.5 Å². The number of nitrogens with one attached hydrogen (secondary N) is 2. The fraction of sp³-hybridized carbons (Fsp3) is 0.440. The summed E-state index contributed by atoms with van der Waals surface area (Å²) < 4.78 is 0. The van der Waals surface area contributed by atoms with Crippen LogP contribution in [0, 0.1) is 0 Å². The molecule has 32 heavy (non-hydrogen) atoms. The number of alkyl halides is 1. The van der Waals surface area contributed by atoms with Crippen LogP contribution in [0.25, 0.3) is 0 Å². The second-order valence-electron chi connectivity index (χ2n) is 8.87. The molecule has 2 unspecified atom stereocenters. The topological polar surface area (TPSA) is 64.7 Å². The summed E-state index contributed by atoms with van der Waals surface area (Å²) in [6, 6.07) is 10.9. The lowest BCUT2D eigenvalue weighted by Gasteiger charge is -2.30. The van der Waals surface area contributed by atoms with Gasteiger partial charge < -0.3 is 15.5 Å². The quantitative estimate of drug-likeness (QED) is 0.417. The molecular weight excluding hydrogens is 424 g/mol. The molecular formula is C25H31ClN4O2. The number of fused-ring (bicyclic) bond motifs is 2. The van der Waals surface area contributed by atoms with Crippen LogP contribution in [0.2, 0.25) is 0 Å². The van der Waals surface area contributed by atoms with Crippen LogP contribution in [0.3, 0.4) is 0 Å². The number of hydrogen-bond donors (Lipinski definition) is 2. The van der Waals surface area contributed by atoms with Crippen molar-refractivity contribution in [3.63, 3.8) is 0 Å². The van der Waals surface area contributed by atoms with Crippen molar-refractivity contribution >= 4 is 34.5 Å². The first-order valence-corrected chi connectivity index (χ1v) is 11.7. The highest BCUT2D eigenvalue weighted by molar-refractivity contribution is 6.31. The fourth-order valence-corrected chi connectivity index (χ4v) is 4.74. The summed E-state index contributed by atoms with van der Waals surface area (Å²) >= 11 is 6.31. The molecule has 0 amide bonds. The molecule has 1 heterocycles. The van der Waals surface area contributed by atoms with Gasteiger partial charge in [0, 0.05) is 47.5 Å². The van der Waals surface area contributed by atoms with E-state index in [0.717, 1.165) is 32.5 Å². The van der Waals surface area contributed by atoms with Gasteiger partial charge in [0.2, 0.25) is 0 Å². The molecule has 0 bridgehead atoms. The first-order chi connectivity index (χ1) is 15.4. The van der Waals surface area contributed by atoms with Crippen molar-refractivity contribution in [1.82, 2.24) is 9.80 Å². The zero-order valence-electron chi connectivity index (χ0n) is 19.0. The zero-order chi connectivity index (χ0) is 22.8. The molecule has 170 valence electrons. The monoisotopic (exact) mass is 454 g/mol. The minimum atomic E-state index is -0.117. The number of carbonyl (C=O) groups is 2. The Morgan fingerprint density at radius 1 is 1.06 bits per heavy atom. The predicted octanol–water partition coefficient (Wildman–Crippen LogP) is 3.90. The van der Waals surface area contributed by atoms with Gasteiger partial charge in [0.15, 0.2) is 11.6 Å². The van der Waals surface area contributed by atoms with E-state index in [1.165, 1.54) is 0 Å². The maximum absolute atomic E-state index is 13.5. The number of anilines is 2. The molecule has 4 rings (SSSR count). The minimum Gasteiger partial charge on any atom is -0.383 e. The van der Waals surface area contributed by atoms with Crippen LogP contribution in [0.5, 0.6) is 0 Å². The fourth-order valence-electron chi connectivity index (χ4n) is 4.40. The number of piperidine rings is 1. The van der Waals surface area contributed by atoms with E-state index in [9.17, 15) is 9.59 Å². The Bertz CT molecular complexity index is 1020. The Kier molecular flexibility index (Phi) is 6.84. The van der Waals surface area contributed by atoms with Gasteiger partial charge >= 0.3 is 0 Å². The minimum absolute atomic E-state index is 0.000538. The van der Waals surface area contributed by atoms with Crippen molar-refractivity contribution < 1.29 is 9.59 Å². The van der Waals surface area contributed by atoms with E-state index in [1.807, 2.05) is 38.1 Å². The smallest absolute Gasteiger partial charge is 0.196 e. The van der Waals surface area contributed by atoms with Gasteiger partial charge in [0.25, 0.3) is 0 Å². The number of rotatable bonds is 7. The Morgan fingerprint density at radius 2 is 1.69 bits per heavy atom. The summed E-state index contributed by atoms with van der Waals surface area (Å²) in [5.74, 6) is -0.231. The third kappa shape index (κ3) is 4.53. The second kappa shape index (κ2) is 9.61. The number of likely N-dealkylation sites (tertiary alicyclic amines) is 1. The van der Waals surface area contributed by atoms with Gasteiger partial charge in [-0.3, -0.25) is 14.5 Å². The standard InChI is InChI=1S/C25H31ClN4O2/c1-16(29(2)3)28-21-11-10-20(27-12-14-30-13-6-7-17(26)15-30)22-23(21)25(32)19-9-5-4-8-18(19)24(22)31/h4-5,8-11,16-17,27-28H,6-7,12-15H2,1-3H3. The number of nitrogens with zero attached hydrogens (tertiary/aromatic N) is 2. The van der Waals surface area contributed by atoms with Crippen molar-refractivity contribution in [2.45, 2.75) is 31.3 Å². The van der Waals surface area contributed by atoms with Gasteiger partial charge in [-0.2, -0.15) is 0 Å². The van der Waals surface area contributed by atoms with Crippen molar-refractivity contribution in [2.24, 2.45) is 0 Å². The largest absolute Gasteiger partial charge is 0.383 e. The van der Waals surface area contributed by atoms with Crippen LogP contribution in [0.15, 0.2) is 36.4 Å². The molecule has 7 heteroatoms. The van der Waals surface area contributed by atoms with Crippen LogP contribution in [0.4, 0.5) is 11.4 Å². The normalized spacial score (nSPS) is 19.5. The number of hydrogen-bond acceptors (Lipinski definition) is 6. The zero-order valence-corrected chi connectivity index (χ0v) is 19.7. The van der Waals surface area contributed by atoms with Gasteiger partial charge in [-0.15, -0.1) is 11.6 Å². The highest BCUT2D eigenvalue weighted by atomic mass is 35.5. The first kappa shape index (κ1) is 22.8. The second-order valence-corrected chi connectivity index (χ2v) is 9.48. The summed E-state index contributed by atoms with van der Waals surface area (Å²) in [4.78, 5) is 31.3. The SMILES string of the molecule is CC(Nc1ccc(NCCN2CCCC(Cl)C2)c2c1C(=O)c1ccccc1C2=O)N(C)C. The number of ketones is 2. The molecule has 1 saturated heterocycles. The van der Waals surface area contributed by atoms with E-state index in [0.29, 0.717) is 40.2 Å². The molecule has 0 aromatic heterocycles. The third-order valence-corrected chi connectivity index (χ3v) is 6.76. The van der Waals surface area contributed by atoms with Gasteiger partial charge in [0.1, 0.15) is 0 Å². The Morgan fingerprint density at radius 3 is 2.31 bits per heavy atom. The Balaban J connectivity index is 1.65. The number of benzene rings is 2. The predicted molar refractivity (Wildman–Crippen MR) is 130 cm³/mol. The maximum atomic E-state index is 13.5. The van der Waals surface area contributed by atoms with Crippen molar-refractivity contribution in [3.05, 3.63) is 58.7 Å². The summed E-state index contributed by atoms with van der Waals surface area (Å²) in [6.07, 6.45) is 2.17. The maximum Gasteiger partial charge on any atom is 0.196 e. The number of halogens is 1. The van der Waals surface area contributed by atoms with Crippen molar-refractivity contribution in [2.75, 3.05) is 50.9 Å². The Labute approximate surface area is 194 Å². The van der Waals surface area contributed by atoms with Crippen molar-refractivity contribution in [1.29, 1.82) is 0 Å². The molecule has 1 aliphatic heterocycles. The van der Waals surface area contributed by atoms with E-state index in [1.54, 1.807) is 24.3 Å². The third-order valence-electron chi connectivity index (χ3n) is 6.41. The van der Waals surface area contributed by atoms with Crippen LogP contribution < -0.4 is 10.6 Å². The molecule has 6 nitrogen and oxygen atoms in total. The van der Waals surface area contributed by atoms with Crippen LogP contribution in [-0.4, -0.2) is 73.2 Å². The lowest BCUT2D eigenvalue weighted by atomic mass is 9.82. The van der Waals surface area contributed by atoms with E-state index in [-0.39, 0.29) is 23.1 Å². The molecule has 0 spiro atoms. The van der Waals surface area contributed by atoms with Gasteiger partial charge in [0.05, 0.1) is 17.3 Å². The molecule has 2 atom stereocenters. The highest BCUT2D eigenvalue weighted by Crippen LogP contribution is 2.36. The van der Waals surface area contributed by atoms with E-state index in [2.05, 4.69) is 15.5 Å². The summed E-state index contributed by atoms with van der Waals surface area (Å²) in [5, 5.41) is 7.02. The summed E-state index contributed by atoms with van der Waals surface area (Å²) in [6.45, 7) is 5.47. The summed E-state index contributed by atoms with van der Waals surface area (Å²) in [7, 11) is 3.93. The van der Waals surface area contributed by atoms with Crippen LogP contribution in [-0.2, 0) is 0 Å². The lowest BCUT2D eigenvalue weighted by Crippen LogP contribution is -2.38. The van der Waals surface area contributed by atoms with Crippen LogP contribution >= 0.6 is 11.6 Å². The highest BCUT2D eigenvalue weighted by Gasteiger charge is 2.34. The summed E-state index contributed by atoms with van der Waals surface area (Å²) in [5.41, 5.74) is 3.22. The van der Waals surface area contributed by atoms with Gasteiger partial charge in [-0.1, -0.05) is 24.3 Å².